The van der Waals surface area contributed by atoms with E-state index in [4.69, 9.17) is 5.11 Å². The summed E-state index contributed by atoms with van der Waals surface area (Å²) in [7, 11) is 0. The van der Waals surface area contributed by atoms with Crippen molar-refractivity contribution in [2.75, 3.05) is 31.2 Å². The number of nitrogens with one attached hydrogen (secondary N) is 1. The quantitative estimate of drug-likeness (QED) is 0.642. The molecule has 0 aromatic heterocycles. The van der Waals surface area contributed by atoms with Crippen molar-refractivity contribution < 1.29 is 5.11 Å². The molecule has 1 saturated heterocycles. The van der Waals surface area contributed by atoms with Crippen LogP contribution in [0.1, 0.15) is 25.7 Å². The highest BCUT2D eigenvalue weighted by Gasteiger charge is 2.11. The Hall–Kier alpha value is 0.270. The van der Waals surface area contributed by atoms with Crippen molar-refractivity contribution in [1.29, 1.82) is 0 Å². The number of rotatable bonds is 6. The van der Waals surface area contributed by atoms with Gasteiger partial charge in [-0.1, -0.05) is 0 Å². The van der Waals surface area contributed by atoms with Crippen LogP contribution in [0.5, 0.6) is 0 Å². The molecule has 0 radical (unpaired) electrons. The van der Waals surface area contributed by atoms with Gasteiger partial charge in [0.2, 0.25) is 0 Å². The van der Waals surface area contributed by atoms with Crippen LogP contribution in [0.25, 0.3) is 0 Å². The zero-order valence-corrected chi connectivity index (χ0v) is 9.11. The molecule has 0 aromatic rings. The normalized spacial score (nSPS) is 23.3. The summed E-state index contributed by atoms with van der Waals surface area (Å²) < 4.78 is 0. The van der Waals surface area contributed by atoms with Crippen LogP contribution in [-0.2, 0) is 0 Å². The zero-order chi connectivity index (χ0) is 9.36. The second kappa shape index (κ2) is 7.65. The van der Waals surface area contributed by atoms with Crippen molar-refractivity contribution in [3.8, 4) is 0 Å². The Bertz CT molecular complexity index is 115. The first-order valence-electron chi connectivity index (χ1n) is 5.33. The van der Waals surface area contributed by atoms with Gasteiger partial charge in [0.25, 0.3) is 0 Å². The van der Waals surface area contributed by atoms with E-state index < -0.39 is 0 Å². The molecule has 78 valence electrons. The average molecular weight is 203 g/mol. The molecule has 3 heteroatoms. The highest BCUT2D eigenvalue weighted by Crippen LogP contribution is 2.17. The van der Waals surface area contributed by atoms with E-state index in [0.29, 0.717) is 6.61 Å². The molecule has 0 aromatic carbocycles. The molecule has 0 amide bonds. The Kier molecular flexibility index (Phi) is 6.68. The van der Waals surface area contributed by atoms with Crippen molar-refractivity contribution >= 4 is 11.8 Å². The van der Waals surface area contributed by atoms with E-state index in [1.165, 1.54) is 38.1 Å². The molecule has 0 saturated carbocycles. The van der Waals surface area contributed by atoms with Crippen LogP contribution in [-0.4, -0.2) is 36.3 Å². The summed E-state index contributed by atoms with van der Waals surface area (Å²) in [5.74, 6) is 3.30. The Labute approximate surface area is 85.5 Å². The second-order valence-corrected chi connectivity index (χ2v) is 4.92. The Balaban J connectivity index is 1.86. The molecule has 1 heterocycles. The summed E-state index contributed by atoms with van der Waals surface area (Å²) in [5.41, 5.74) is 0. The first-order chi connectivity index (χ1) is 6.43. The lowest BCUT2D eigenvalue weighted by Crippen LogP contribution is -2.29. The smallest absolute Gasteiger partial charge is 0.0438 e. The molecule has 1 atom stereocenters. The molecular weight excluding hydrogens is 182 g/mol. The largest absolute Gasteiger partial charge is 0.396 e. The predicted molar refractivity (Wildman–Crippen MR) is 59.2 cm³/mol. The topological polar surface area (TPSA) is 32.3 Å². The fourth-order valence-electron chi connectivity index (χ4n) is 1.69. The van der Waals surface area contributed by atoms with Crippen LogP contribution < -0.4 is 5.32 Å². The highest BCUT2D eigenvalue weighted by molar-refractivity contribution is 7.99. The van der Waals surface area contributed by atoms with Crippen LogP contribution in [0.2, 0.25) is 0 Å². The van der Waals surface area contributed by atoms with Crippen LogP contribution in [0.15, 0.2) is 0 Å². The third kappa shape index (κ3) is 5.55. The van der Waals surface area contributed by atoms with Crippen molar-refractivity contribution in [1.82, 2.24) is 5.32 Å². The van der Waals surface area contributed by atoms with Gasteiger partial charge < -0.3 is 10.4 Å². The second-order valence-electron chi connectivity index (χ2n) is 3.69. The number of hydrogen-bond donors (Lipinski definition) is 2. The third-order valence-corrected chi connectivity index (χ3v) is 3.62. The molecule has 13 heavy (non-hydrogen) atoms. The average Bonchev–Trinajstić information content (AvgIpc) is 2.19. The van der Waals surface area contributed by atoms with Crippen LogP contribution in [0, 0.1) is 5.92 Å². The molecule has 1 aliphatic heterocycles. The van der Waals surface area contributed by atoms with Crippen molar-refractivity contribution in [2.24, 2.45) is 5.92 Å². The van der Waals surface area contributed by atoms with Gasteiger partial charge in [0, 0.05) is 6.61 Å². The molecule has 1 aliphatic rings. The van der Waals surface area contributed by atoms with Gasteiger partial charge in [0.15, 0.2) is 0 Å². The van der Waals surface area contributed by atoms with Gasteiger partial charge in [0.05, 0.1) is 0 Å². The van der Waals surface area contributed by atoms with E-state index in [1.54, 1.807) is 0 Å². The molecule has 2 N–H and O–H groups in total. The van der Waals surface area contributed by atoms with Crippen LogP contribution in [0.4, 0.5) is 0 Å². The molecule has 1 fully saturated rings. The minimum absolute atomic E-state index is 0.345. The number of hydrogen-bond acceptors (Lipinski definition) is 3. The van der Waals surface area contributed by atoms with Crippen molar-refractivity contribution in [3.63, 3.8) is 0 Å². The van der Waals surface area contributed by atoms with Gasteiger partial charge in [-0.15, -0.1) is 0 Å². The van der Waals surface area contributed by atoms with E-state index in [2.05, 4.69) is 5.32 Å². The minimum Gasteiger partial charge on any atom is -0.396 e. The summed E-state index contributed by atoms with van der Waals surface area (Å²) in [4.78, 5) is 0. The maximum atomic E-state index is 8.59. The first kappa shape index (κ1) is 11.3. The van der Waals surface area contributed by atoms with E-state index in [1.807, 2.05) is 11.8 Å². The fourth-order valence-corrected chi connectivity index (χ4v) is 2.73. The summed E-state index contributed by atoms with van der Waals surface area (Å²) in [5, 5.41) is 12.0. The standard InChI is InChI=1S/C10H21NOS/c12-6-2-7-13-8-4-10-3-1-5-11-9-10/h10-12H,1-9H2. The van der Waals surface area contributed by atoms with Gasteiger partial charge in [0.1, 0.15) is 0 Å². The number of aliphatic hydroxyl groups is 1. The highest BCUT2D eigenvalue weighted by atomic mass is 32.2. The molecule has 0 aliphatic carbocycles. The molecule has 0 bridgehead atoms. The maximum absolute atomic E-state index is 8.59. The summed E-state index contributed by atoms with van der Waals surface area (Å²) >= 11 is 1.98. The Morgan fingerprint density at radius 3 is 3.00 bits per heavy atom. The Morgan fingerprint density at radius 1 is 1.38 bits per heavy atom. The maximum Gasteiger partial charge on any atom is 0.0438 e. The zero-order valence-electron chi connectivity index (χ0n) is 8.30. The van der Waals surface area contributed by atoms with E-state index in [-0.39, 0.29) is 0 Å². The number of aliphatic hydroxyl groups excluding tert-OH is 1. The Morgan fingerprint density at radius 2 is 2.31 bits per heavy atom. The summed E-state index contributed by atoms with van der Waals surface area (Å²) in [6, 6.07) is 0. The molecule has 2 nitrogen and oxygen atoms in total. The van der Waals surface area contributed by atoms with E-state index in [9.17, 15) is 0 Å². The van der Waals surface area contributed by atoms with Gasteiger partial charge in [-0.2, -0.15) is 11.8 Å². The van der Waals surface area contributed by atoms with Crippen molar-refractivity contribution in [2.45, 2.75) is 25.7 Å². The number of thioether (sulfide) groups is 1. The van der Waals surface area contributed by atoms with E-state index >= 15 is 0 Å². The monoisotopic (exact) mass is 203 g/mol. The van der Waals surface area contributed by atoms with Gasteiger partial charge in [-0.3, -0.25) is 0 Å². The van der Waals surface area contributed by atoms with Gasteiger partial charge in [-0.25, -0.2) is 0 Å². The molecular formula is C10H21NOS. The molecule has 0 spiro atoms. The lowest BCUT2D eigenvalue weighted by Gasteiger charge is -2.22. The number of piperidine rings is 1. The lowest BCUT2D eigenvalue weighted by atomic mass is 9.97. The summed E-state index contributed by atoms with van der Waals surface area (Å²) in [6.45, 7) is 2.78. The van der Waals surface area contributed by atoms with Crippen LogP contribution in [0.3, 0.4) is 0 Å². The molecule has 1 rings (SSSR count). The molecule has 1 unspecified atom stereocenters. The lowest BCUT2D eigenvalue weighted by molar-refractivity contribution is 0.296. The fraction of sp³-hybridized carbons (Fsp3) is 1.00. The minimum atomic E-state index is 0.345. The van der Waals surface area contributed by atoms with E-state index in [0.717, 1.165) is 18.1 Å². The van der Waals surface area contributed by atoms with Crippen molar-refractivity contribution in [3.05, 3.63) is 0 Å². The van der Waals surface area contributed by atoms with Gasteiger partial charge in [-0.05, 0) is 56.2 Å². The third-order valence-electron chi connectivity index (χ3n) is 2.52. The van der Waals surface area contributed by atoms with Gasteiger partial charge >= 0.3 is 0 Å². The first-order valence-corrected chi connectivity index (χ1v) is 6.48. The summed E-state index contributed by atoms with van der Waals surface area (Å²) in [6.07, 6.45) is 5.07. The SMILES string of the molecule is OCCCSCCC1CCCNC1. The van der Waals surface area contributed by atoms with Crippen LogP contribution >= 0.6 is 11.8 Å². The predicted octanol–water partition coefficient (Wildman–Crippen LogP) is 1.49.